The van der Waals surface area contributed by atoms with Gasteiger partial charge in [-0.25, -0.2) is 0 Å². The fraction of sp³-hybridized carbons (Fsp3) is 0.150. The predicted molar refractivity (Wildman–Crippen MR) is 90.5 cm³/mol. The van der Waals surface area contributed by atoms with E-state index in [2.05, 4.69) is 7.05 Å². The molecule has 22 heavy (non-hydrogen) atoms. The summed E-state index contributed by atoms with van der Waals surface area (Å²) in [7, 11) is 2.13. The summed E-state index contributed by atoms with van der Waals surface area (Å²) < 4.78 is 0. The van der Waals surface area contributed by atoms with Crippen molar-refractivity contribution in [2.75, 3.05) is 20.1 Å². The predicted octanol–water partition coefficient (Wildman–Crippen LogP) is 2.25. The number of quaternary nitrogens is 1. The molecule has 1 aliphatic heterocycles. The molecule has 3 rings (SSSR count). The molecule has 1 atom stereocenters. The van der Waals surface area contributed by atoms with Crippen molar-refractivity contribution >= 4 is 17.9 Å². The van der Waals surface area contributed by atoms with Crippen LogP contribution in [0.3, 0.4) is 0 Å². The molecular formula is C20H20NO+. The van der Waals surface area contributed by atoms with Gasteiger partial charge in [0.25, 0.3) is 0 Å². The number of ketones is 1. The normalized spacial score (nSPS) is 22.2. The highest BCUT2D eigenvalue weighted by atomic mass is 16.1. The van der Waals surface area contributed by atoms with Crippen molar-refractivity contribution < 1.29 is 9.69 Å². The molecule has 1 fully saturated rings. The minimum Gasteiger partial charge on any atom is -0.330 e. The summed E-state index contributed by atoms with van der Waals surface area (Å²) in [6.45, 7) is 1.56. The number of benzene rings is 2. The van der Waals surface area contributed by atoms with Gasteiger partial charge in [0.05, 0.1) is 18.2 Å². The molecule has 0 saturated carbocycles. The van der Waals surface area contributed by atoms with Gasteiger partial charge in [0, 0.05) is 0 Å². The van der Waals surface area contributed by atoms with E-state index in [1.165, 1.54) is 4.90 Å². The minimum atomic E-state index is 0.179. The maximum atomic E-state index is 12.7. The lowest BCUT2D eigenvalue weighted by molar-refractivity contribution is -0.870. The van der Waals surface area contributed by atoms with Gasteiger partial charge in [0.15, 0.2) is 5.78 Å². The van der Waals surface area contributed by atoms with Crippen molar-refractivity contribution in [3.05, 3.63) is 82.9 Å². The Morgan fingerprint density at radius 2 is 1.18 bits per heavy atom. The van der Waals surface area contributed by atoms with Gasteiger partial charge in [0.2, 0.25) is 0 Å². The third kappa shape index (κ3) is 3.41. The summed E-state index contributed by atoms with van der Waals surface area (Å²) in [6, 6.07) is 20.1. The Morgan fingerprint density at radius 3 is 1.59 bits per heavy atom. The Labute approximate surface area is 131 Å². The molecule has 110 valence electrons. The number of nitrogens with one attached hydrogen (secondary N) is 1. The molecule has 2 aromatic carbocycles. The van der Waals surface area contributed by atoms with Crippen molar-refractivity contribution in [3.63, 3.8) is 0 Å². The molecule has 1 aliphatic rings. The molecule has 0 amide bonds. The van der Waals surface area contributed by atoms with Crippen molar-refractivity contribution in [3.8, 4) is 0 Å². The fourth-order valence-corrected chi connectivity index (χ4v) is 2.81. The number of hydrogen-bond donors (Lipinski definition) is 1. The highest BCUT2D eigenvalue weighted by molar-refractivity contribution is 6.14. The van der Waals surface area contributed by atoms with Crippen LogP contribution in [0.15, 0.2) is 71.8 Å². The maximum absolute atomic E-state index is 12.7. The van der Waals surface area contributed by atoms with E-state index in [1.54, 1.807) is 0 Å². The number of Topliss-reactive ketones (excluding diaryl/α,β-unsaturated/α-hetero) is 1. The second-order valence-electron chi connectivity index (χ2n) is 5.80. The van der Waals surface area contributed by atoms with Crippen LogP contribution in [0, 0.1) is 0 Å². The number of hydrogen-bond acceptors (Lipinski definition) is 1. The summed E-state index contributed by atoms with van der Waals surface area (Å²) in [5.41, 5.74) is 3.94. The zero-order valence-electron chi connectivity index (χ0n) is 12.8. The average molecular weight is 290 g/mol. The first-order valence-corrected chi connectivity index (χ1v) is 7.59. The first kappa shape index (κ1) is 14.5. The van der Waals surface area contributed by atoms with E-state index < -0.39 is 0 Å². The van der Waals surface area contributed by atoms with E-state index in [0.717, 1.165) is 35.4 Å². The monoisotopic (exact) mass is 290 g/mol. The van der Waals surface area contributed by atoms with E-state index in [4.69, 9.17) is 0 Å². The van der Waals surface area contributed by atoms with E-state index in [0.29, 0.717) is 0 Å². The van der Waals surface area contributed by atoms with E-state index >= 15 is 0 Å². The molecule has 0 aromatic heterocycles. The van der Waals surface area contributed by atoms with E-state index in [1.807, 2.05) is 72.8 Å². The van der Waals surface area contributed by atoms with Gasteiger partial charge in [0.1, 0.15) is 13.1 Å². The topological polar surface area (TPSA) is 21.5 Å². The smallest absolute Gasteiger partial charge is 0.196 e. The van der Waals surface area contributed by atoms with Crippen LogP contribution in [0.2, 0.25) is 0 Å². The lowest BCUT2D eigenvalue weighted by Crippen LogP contribution is -3.10. The number of rotatable bonds is 2. The third-order valence-corrected chi connectivity index (χ3v) is 3.85. The Balaban J connectivity index is 1.92. The van der Waals surface area contributed by atoms with Crippen LogP contribution in [0.5, 0.6) is 0 Å². The van der Waals surface area contributed by atoms with Crippen LogP contribution < -0.4 is 4.90 Å². The number of carbonyl (C=O) groups excluding carboxylic acids is 1. The van der Waals surface area contributed by atoms with Gasteiger partial charge < -0.3 is 4.90 Å². The van der Waals surface area contributed by atoms with Crippen molar-refractivity contribution in [1.82, 2.24) is 0 Å². The average Bonchev–Trinajstić information content (AvgIpc) is 2.54. The molecule has 2 nitrogen and oxygen atoms in total. The van der Waals surface area contributed by atoms with Crippen LogP contribution >= 0.6 is 0 Å². The molecule has 1 N–H and O–H groups in total. The highest BCUT2D eigenvalue weighted by Gasteiger charge is 2.26. The zero-order valence-corrected chi connectivity index (χ0v) is 12.8. The quantitative estimate of drug-likeness (QED) is 0.842. The summed E-state index contributed by atoms with van der Waals surface area (Å²) in [5.74, 6) is 0.179. The molecule has 0 bridgehead atoms. The second kappa shape index (κ2) is 6.54. The first-order valence-electron chi connectivity index (χ1n) is 7.59. The Bertz CT molecular complexity index is 652. The number of likely N-dealkylation sites (N-methyl/N-ethyl adjacent to an activating group) is 1. The summed E-state index contributed by atoms with van der Waals surface area (Å²) in [4.78, 5) is 14.1. The molecule has 1 unspecified atom stereocenters. The van der Waals surface area contributed by atoms with Crippen molar-refractivity contribution in [1.29, 1.82) is 0 Å². The van der Waals surface area contributed by atoms with Crippen LogP contribution in [0.4, 0.5) is 0 Å². The molecule has 1 heterocycles. The zero-order chi connectivity index (χ0) is 15.4. The summed E-state index contributed by atoms with van der Waals surface area (Å²) in [6.07, 6.45) is 4.04. The molecule has 2 heteroatoms. The van der Waals surface area contributed by atoms with Crippen molar-refractivity contribution in [2.45, 2.75) is 0 Å². The molecule has 0 aliphatic carbocycles. The largest absolute Gasteiger partial charge is 0.330 e. The van der Waals surface area contributed by atoms with Gasteiger partial charge in [-0.2, -0.15) is 0 Å². The highest BCUT2D eigenvalue weighted by Crippen LogP contribution is 2.15. The first-order chi connectivity index (χ1) is 10.7. The van der Waals surface area contributed by atoms with Crippen LogP contribution in [0.25, 0.3) is 12.2 Å². The van der Waals surface area contributed by atoms with E-state index in [-0.39, 0.29) is 5.78 Å². The minimum absolute atomic E-state index is 0.179. The number of carbonyl (C=O) groups is 1. The van der Waals surface area contributed by atoms with E-state index in [9.17, 15) is 4.79 Å². The van der Waals surface area contributed by atoms with Gasteiger partial charge in [-0.15, -0.1) is 0 Å². The van der Waals surface area contributed by atoms with Crippen LogP contribution in [0.1, 0.15) is 11.1 Å². The lowest BCUT2D eigenvalue weighted by Gasteiger charge is -2.23. The maximum Gasteiger partial charge on any atom is 0.196 e. The SMILES string of the molecule is C[NH+]1C/C(=C/c2ccccc2)C(=O)/C(=C/c2ccccc2)C1. The Kier molecular flexibility index (Phi) is 4.31. The fourth-order valence-electron chi connectivity index (χ4n) is 2.81. The summed E-state index contributed by atoms with van der Waals surface area (Å²) in [5, 5.41) is 0. The Hall–Kier alpha value is -2.45. The lowest BCUT2D eigenvalue weighted by atomic mass is 9.94. The van der Waals surface area contributed by atoms with Crippen LogP contribution in [-0.4, -0.2) is 25.9 Å². The van der Waals surface area contributed by atoms with Crippen LogP contribution in [-0.2, 0) is 4.79 Å². The molecule has 0 radical (unpaired) electrons. The number of likely N-dealkylation sites (tertiary alicyclic amines) is 1. The molecule has 0 spiro atoms. The molecule has 1 saturated heterocycles. The third-order valence-electron chi connectivity index (χ3n) is 3.85. The van der Waals surface area contributed by atoms with Gasteiger partial charge >= 0.3 is 0 Å². The molecular weight excluding hydrogens is 270 g/mol. The molecule has 2 aromatic rings. The number of piperidine rings is 1. The standard InChI is InChI=1S/C20H19NO/c1-21-14-18(12-16-8-4-2-5-9-16)20(22)19(15-21)13-17-10-6-3-7-11-17/h2-13H,14-15H2,1H3/p+1/b18-12-,19-13+. The van der Waals surface area contributed by atoms with Crippen molar-refractivity contribution in [2.24, 2.45) is 0 Å². The Morgan fingerprint density at radius 1 is 0.773 bits per heavy atom. The van der Waals surface area contributed by atoms with Gasteiger partial charge in [-0.05, 0) is 23.3 Å². The summed E-state index contributed by atoms with van der Waals surface area (Å²) >= 11 is 0. The van der Waals surface area contributed by atoms with Gasteiger partial charge in [-0.1, -0.05) is 60.7 Å². The second-order valence-corrected chi connectivity index (χ2v) is 5.80. The van der Waals surface area contributed by atoms with Gasteiger partial charge in [-0.3, -0.25) is 4.79 Å².